The van der Waals surface area contributed by atoms with Crippen LogP contribution in [0.1, 0.15) is 24.8 Å². The molecule has 150 valence electrons. The first-order chi connectivity index (χ1) is 13.0. The number of carbonyl (C=O) groups excluding carboxylic acids is 2. The van der Waals surface area contributed by atoms with E-state index in [9.17, 15) is 9.59 Å². The average Bonchev–Trinajstić information content (AvgIpc) is 2.66. The Hall–Kier alpha value is -2.12. The summed E-state index contributed by atoms with van der Waals surface area (Å²) in [4.78, 5) is 26.4. The molecule has 1 aromatic rings. The van der Waals surface area contributed by atoms with Gasteiger partial charge in [-0.05, 0) is 76.5 Å². The number of nitrogens with zero attached hydrogens (tertiary/aromatic N) is 1. The van der Waals surface area contributed by atoms with Crippen molar-refractivity contribution in [3.05, 3.63) is 23.8 Å². The Morgan fingerprint density at radius 1 is 1.22 bits per heavy atom. The van der Waals surface area contributed by atoms with Crippen LogP contribution in [-0.2, 0) is 9.59 Å². The van der Waals surface area contributed by atoms with Gasteiger partial charge in [0, 0.05) is 0 Å². The van der Waals surface area contributed by atoms with E-state index in [0.29, 0.717) is 18.0 Å². The summed E-state index contributed by atoms with van der Waals surface area (Å²) in [6.07, 6.45) is 3.45. The van der Waals surface area contributed by atoms with Crippen LogP contribution in [0.4, 0.5) is 5.69 Å². The molecular formula is C20H32N4O3. The van der Waals surface area contributed by atoms with Gasteiger partial charge in [-0.15, -0.1) is 0 Å². The molecule has 1 saturated heterocycles. The number of nitrogens with one attached hydrogen (secondary N) is 3. The van der Waals surface area contributed by atoms with Gasteiger partial charge in [-0.25, -0.2) is 0 Å². The SMILES string of the molecule is CNCCC1CCN(CC(=O)NCC(=O)Nc2cc(C)ccc2OC)CC1. The van der Waals surface area contributed by atoms with E-state index in [1.54, 1.807) is 7.11 Å². The quantitative estimate of drug-likeness (QED) is 0.607. The van der Waals surface area contributed by atoms with Gasteiger partial charge in [-0.3, -0.25) is 14.5 Å². The van der Waals surface area contributed by atoms with Crippen molar-refractivity contribution < 1.29 is 14.3 Å². The molecule has 1 aliphatic rings. The van der Waals surface area contributed by atoms with E-state index in [1.807, 2.05) is 32.2 Å². The average molecular weight is 377 g/mol. The lowest BCUT2D eigenvalue weighted by atomic mass is 9.93. The zero-order valence-electron chi connectivity index (χ0n) is 16.6. The number of benzene rings is 1. The molecule has 1 aromatic carbocycles. The second-order valence-corrected chi connectivity index (χ2v) is 7.14. The molecule has 1 aliphatic heterocycles. The van der Waals surface area contributed by atoms with E-state index in [-0.39, 0.29) is 18.4 Å². The van der Waals surface area contributed by atoms with Gasteiger partial charge < -0.3 is 20.7 Å². The van der Waals surface area contributed by atoms with E-state index in [4.69, 9.17) is 4.74 Å². The Bertz CT molecular complexity index is 628. The van der Waals surface area contributed by atoms with Crippen LogP contribution in [0.2, 0.25) is 0 Å². The fourth-order valence-electron chi connectivity index (χ4n) is 3.33. The summed E-state index contributed by atoms with van der Waals surface area (Å²) in [5, 5.41) is 8.68. The van der Waals surface area contributed by atoms with E-state index >= 15 is 0 Å². The van der Waals surface area contributed by atoms with Gasteiger partial charge in [0.2, 0.25) is 11.8 Å². The molecular weight excluding hydrogens is 344 g/mol. The van der Waals surface area contributed by atoms with Gasteiger partial charge in [-0.2, -0.15) is 0 Å². The van der Waals surface area contributed by atoms with Crippen LogP contribution in [0, 0.1) is 12.8 Å². The first kappa shape index (κ1) is 21.2. The predicted molar refractivity (Wildman–Crippen MR) is 107 cm³/mol. The van der Waals surface area contributed by atoms with Crippen molar-refractivity contribution in [1.82, 2.24) is 15.5 Å². The molecule has 0 bridgehead atoms. The van der Waals surface area contributed by atoms with Crippen LogP contribution in [0.5, 0.6) is 5.75 Å². The van der Waals surface area contributed by atoms with Crippen LogP contribution >= 0.6 is 0 Å². The van der Waals surface area contributed by atoms with Gasteiger partial charge in [0.25, 0.3) is 0 Å². The summed E-state index contributed by atoms with van der Waals surface area (Å²) >= 11 is 0. The maximum atomic E-state index is 12.1. The summed E-state index contributed by atoms with van der Waals surface area (Å²) in [6, 6.07) is 5.57. The summed E-state index contributed by atoms with van der Waals surface area (Å²) in [5.41, 5.74) is 1.63. The molecule has 0 aromatic heterocycles. The highest BCUT2D eigenvalue weighted by Gasteiger charge is 2.20. The number of hydrogen-bond donors (Lipinski definition) is 3. The lowest BCUT2D eigenvalue weighted by Crippen LogP contribution is -2.43. The van der Waals surface area contributed by atoms with Crippen LogP contribution in [-0.4, -0.2) is 63.6 Å². The summed E-state index contributed by atoms with van der Waals surface area (Å²) < 4.78 is 5.25. The third-order valence-corrected chi connectivity index (χ3v) is 4.95. The third-order valence-electron chi connectivity index (χ3n) is 4.95. The van der Waals surface area contributed by atoms with Crippen LogP contribution in [0.3, 0.4) is 0 Å². The third kappa shape index (κ3) is 7.19. The van der Waals surface area contributed by atoms with Gasteiger partial charge in [-0.1, -0.05) is 6.07 Å². The smallest absolute Gasteiger partial charge is 0.243 e. The minimum Gasteiger partial charge on any atom is -0.495 e. The number of carbonyl (C=O) groups is 2. The van der Waals surface area contributed by atoms with Gasteiger partial charge in [0.15, 0.2) is 0 Å². The number of amides is 2. The van der Waals surface area contributed by atoms with Gasteiger partial charge in [0.05, 0.1) is 25.9 Å². The van der Waals surface area contributed by atoms with Crippen molar-refractivity contribution in [3.8, 4) is 5.75 Å². The van der Waals surface area contributed by atoms with E-state index in [2.05, 4.69) is 20.9 Å². The monoisotopic (exact) mass is 376 g/mol. The molecule has 7 heteroatoms. The van der Waals surface area contributed by atoms with Crippen molar-refractivity contribution in [2.75, 3.05) is 52.2 Å². The Balaban J connectivity index is 1.70. The zero-order chi connectivity index (χ0) is 19.6. The molecule has 1 heterocycles. The minimum atomic E-state index is -0.266. The number of anilines is 1. The molecule has 0 saturated carbocycles. The topological polar surface area (TPSA) is 82.7 Å². The summed E-state index contributed by atoms with van der Waals surface area (Å²) in [6.45, 7) is 5.17. The Kier molecular flexibility index (Phi) is 8.54. The fraction of sp³-hybridized carbons (Fsp3) is 0.600. The first-order valence-corrected chi connectivity index (χ1v) is 9.60. The molecule has 1 fully saturated rings. The van der Waals surface area contributed by atoms with Crippen molar-refractivity contribution in [2.24, 2.45) is 5.92 Å². The maximum Gasteiger partial charge on any atom is 0.243 e. The van der Waals surface area contributed by atoms with Crippen molar-refractivity contribution in [1.29, 1.82) is 0 Å². The number of piperidine rings is 1. The van der Waals surface area contributed by atoms with E-state index in [1.165, 1.54) is 6.42 Å². The van der Waals surface area contributed by atoms with E-state index < -0.39 is 0 Å². The Labute approximate surface area is 161 Å². The second kappa shape index (κ2) is 10.9. The number of rotatable bonds is 9. The molecule has 0 atom stereocenters. The number of likely N-dealkylation sites (tertiary alicyclic amines) is 1. The largest absolute Gasteiger partial charge is 0.495 e. The minimum absolute atomic E-state index is 0.0471. The highest BCUT2D eigenvalue weighted by molar-refractivity contribution is 5.96. The predicted octanol–water partition coefficient (Wildman–Crippen LogP) is 1.38. The number of methoxy groups -OCH3 is 1. The van der Waals surface area contributed by atoms with Crippen molar-refractivity contribution >= 4 is 17.5 Å². The van der Waals surface area contributed by atoms with Gasteiger partial charge in [0.1, 0.15) is 5.75 Å². The van der Waals surface area contributed by atoms with Crippen molar-refractivity contribution in [2.45, 2.75) is 26.2 Å². The van der Waals surface area contributed by atoms with Crippen LogP contribution in [0.15, 0.2) is 18.2 Å². The molecule has 27 heavy (non-hydrogen) atoms. The van der Waals surface area contributed by atoms with Gasteiger partial charge >= 0.3 is 0 Å². The lowest BCUT2D eigenvalue weighted by molar-refractivity contribution is -0.125. The normalized spacial score (nSPS) is 15.4. The molecule has 0 unspecified atom stereocenters. The highest BCUT2D eigenvalue weighted by atomic mass is 16.5. The van der Waals surface area contributed by atoms with Crippen LogP contribution < -0.4 is 20.7 Å². The number of aryl methyl sites for hydroxylation is 1. The second-order valence-electron chi connectivity index (χ2n) is 7.14. The number of ether oxygens (including phenoxy) is 1. The van der Waals surface area contributed by atoms with Crippen molar-refractivity contribution in [3.63, 3.8) is 0 Å². The first-order valence-electron chi connectivity index (χ1n) is 9.60. The molecule has 0 spiro atoms. The highest BCUT2D eigenvalue weighted by Crippen LogP contribution is 2.25. The van der Waals surface area contributed by atoms with E-state index in [0.717, 1.165) is 44.0 Å². The number of hydrogen-bond acceptors (Lipinski definition) is 5. The van der Waals surface area contributed by atoms with Crippen LogP contribution in [0.25, 0.3) is 0 Å². The molecule has 2 amide bonds. The maximum absolute atomic E-state index is 12.1. The Morgan fingerprint density at radius 2 is 1.96 bits per heavy atom. The Morgan fingerprint density at radius 3 is 2.63 bits per heavy atom. The lowest BCUT2D eigenvalue weighted by Gasteiger charge is -2.31. The fourth-order valence-corrected chi connectivity index (χ4v) is 3.33. The molecule has 3 N–H and O–H groups in total. The molecule has 7 nitrogen and oxygen atoms in total. The summed E-state index contributed by atoms with van der Waals surface area (Å²) in [5.74, 6) is 0.960. The molecule has 0 aliphatic carbocycles. The molecule has 0 radical (unpaired) electrons. The standard InChI is InChI=1S/C20H32N4O3/c1-15-4-5-18(27-3)17(12-15)23-19(25)13-22-20(26)14-24-10-7-16(8-11-24)6-9-21-2/h4-5,12,16,21H,6-11,13-14H2,1-3H3,(H,22,26)(H,23,25). The zero-order valence-corrected chi connectivity index (χ0v) is 16.6. The molecule has 2 rings (SSSR count). The summed E-state index contributed by atoms with van der Waals surface area (Å²) in [7, 11) is 3.54.